The lowest BCUT2D eigenvalue weighted by molar-refractivity contribution is -0.120. The van der Waals surface area contributed by atoms with E-state index in [1.165, 1.54) is 17.5 Å². The molecule has 0 heterocycles. The average molecular weight is 292 g/mol. The number of nitrogens with one attached hydrogen (secondary N) is 1. The van der Waals surface area contributed by atoms with Gasteiger partial charge in [-0.3, -0.25) is 4.79 Å². The molecule has 0 radical (unpaired) electrons. The van der Waals surface area contributed by atoms with Crippen LogP contribution in [0, 0.1) is 0 Å². The van der Waals surface area contributed by atoms with Gasteiger partial charge in [-0.1, -0.05) is 54.6 Å². The first-order valence-electron chi connectivity index (χ1n) is 7.80. The van der Waals surface area contributed by atoms with E-state index in [9.17, 15) is 4.79 Å². The first-order chi connectivity index (χ1) is 10.8. The molecule has 0 saturated carbocycles. The molecule has 3 heteroatoms. The zero-order chi connectivity index (χ0) is 15.2. The Morgan fingerprint density at radius 1 is 0.955 bits per heavy atom. The van der Waals surface area contributed by atoms with Gasteiger partial charge in [0.25, 0.3) is 0 Å². The molecular weight excluding hydrogens is 272 g/mol. The fourth-order valence-electron chi connectivity index (χ4n) is 2.83. The number of carbonyl (C=O) groups excluding carboxylic acids is 1. The van der Waals surface area contributed by atoms with Crippen LogP contribution in [0.4, 0.5) is 0 Å². The zero-order valence-electron chi connectivity index (χ0n) is 12.6. The summed E-state index contributed by atoms with van der Waals surface area (Å²) in [5, 5.41) is 4.40. The van der Waals surface area contributed by atoms with Gasteiger partial charge < -0.3 is 0 Å². The number of benzene rings is 2. The Balaban J connectivity index is 1.71. The van der Waals surface area contributed by atoms with E-state index in [-0.39, 0.29) is 5.91 Å². The van der Waals surface area contributed by atoms with Gasteiger partial charge in [-0.2, -0.15) is 5.10 Å². The molecule has 1 amide bonds. The lowest BCUT2D eigenvalue weighted by atomic mass is 10.0. The molecule has 2 aromatic carbocycles. The van der Waals surface area contributed by atoms with Crippen molar-refractivity contribution in [3.63, 3.8) is 0 Å². The van der Waals surface area contributed by atoms with Gasteiger partial charge in [-0.25, -0.2) is 5.43 Å². The van der Waals surface area contributed by atoms with Crippen LogP contribution >= 0.6 is 0 Å². The number of fused-ring (bicyclic) bond motifs is 1. The molecular formula is C19H20N2O. The minimum atomic E-state index is -0.0690. The largest absolute Gasteiger partial charge is 0.273 e. The second-order valence-electron chi connectivity index (χ2n) is 5.62. The molecule has 1 N–H and O–H groups in total. The predicted molar refractivity (Wildman–Crippen MR) is 88.8 cm³/mol. The lowest BCUT2D eigenvalue weighted by Gasteiger charge is -2.08. The normalized spacial score (nSPS) is 15.9. The summed E-state index contributed by atoms with van der Waals surface area (Å²) in [4.78, 5) is 12.0. The van der Waals surface area contributed by atoms with Gasteiger partial charge in [0.2, 0.25) is 5.91 Å². The second-order valence-corrected chi connectivity index (χ2v) is 5.62. The van der Waals surface area contributed by atoms with Crippen LogP contribution in [0.25, 0.3) is 0 Å². The molecule has 0 atom stereocenters. The van der Waals surface area contributed by atoms with Gasteiger partial charge >= 0.3 is 0 Å². The third-order valence-electron chi connectivity index (χ3n) is 3.96. The Morgan fingerprint density at radius 2 is 1.68 bits per heavy atom. The topological polar surface area (TPSA) is 41.5 Å². The molecule has 3 rings (SSSR count). The smallest absolute Gasteiger partial charge is 0.244 e. The fraction of sp³-hybridized carbons (Fsp3) is 0.263. The van der Waals surface area contributed by atoms with Gasteiger partial charge in [0.05, 0.1) is 12.1 Å². The molecule has 1 aliphatic rings. The van der Waals surface area contributed by atoms with Crippen LogP contribution in [0.5, 0.6) is 0 Å². The second kappa shape index (κ2) is 7.03. The van der Waals surface area contributed by atoms with Crippen molar-refractivity contribution < 1.29 is 4.79 Å². The van der Waals surface area contributed by atoms with E-state index in [0.29, 0.717) is 6.42 Å². The van der Waals surface area contributed by atoms with E-state index in [1.54, 1.807) is 0 Å². The van der Waals surface area contributed by atoms with Crippen molar-refractivity contribution in [2.24, 2.45) is 5.10 Å². The highest BCUT2D eigenvalue weighted by molar-refractivity contribution is 6.02. The minimum Gasteiger partial charge on any atom is -0.273 e. The summed E-state index contributed by atoms with van der Waals surface area (Å²) in [7, 11) is 0. The van der Waals surface area contributed by atoms with E-state index in [0.717, 1.165) is 30.5 Å². The van der Waals surface area contributed by atoms with Crippen molar-refractivity contribution in [1.82, 2.24) is 5.43 Å². The molecule has 0 unspecified atom stereocenters. The molecule has 0 spiro atoms. The van der Waals surface area contributed by atoms with Crippen LogP contribution in [0.1, 0.15) is 36.0 Å². The minimum absolute atomic E-state index is 0.0690. The molecule has 2 aromatic rings. The highest BCUT2D eigenvalue weighted by atomic mass is 16.2. The Morgan fingerprint density at radius 3 is 2.55 bits per heavy atom. The maximum absolute atomic E-state index is 12.0. The third kappa shape index (κ3) is 3.61. The summed E-state index contributed by atoms with van der Waals surface area (Å²) in [5.74, 6) is -0.0690. The molecule has 0 bridgehead atoms. The number of hydrogen-bond acceptors (Lipinski definition) is 2. The standard InChI is InChI=1S/C19H20N2O/c22-19(14-15-8-2-1-3-9-15)21-20-18-13-7-5-11-16-10-4-6-12-17(16)18/h1-4,6,8-10,12H,5,7,11,13-14H2,(H,21,22)/b20-18+. The molecule has 0 saturated heterocycles. The third-order valence-corrected chi connectivity index (χ3v) is 3.96. The summed E-state index contributed by atoms with van der Waals surface area (Å²) in [6, 6.07) is 18.1. The first-order valence-corrected chi connectivity index (χ1v) is 7.80. The summed E-state index contributed by atoms with van der Waals surface area (Å²) in [6.07, 6.45) is 4.66. The predicted octanol–water partition coefficient (Wildman–Crippen LogP) is 3.48. The molecule has 22 heavy (non-hydrogen) atoms. The van der Waals surface area contributed by atoms with Gasteiger partial charge in [-0.15, -0.1) is 0 Å². The number of hydrogen-bond donors (Lipinski definition) is 1. The first kappa shape index (κ1) is 14.5. The lowest BCUT2D eigenvalue weighted by Crippen LogP contribution is -2.22. The Labute approximate surface area is 131 Å². The Kier molecular flexibility index (Phi) is 4.64. The molecule has 0 aliphatic heterocycles. The van der Waals surface area contributed by atoms with Crippen LogP contribution < -0.4 is 5.43 Å². The number of hydrazone groups is 1. The van der Waals surface area contributed by atoms with Crippen LogP contribution in [0.2, 0.25) is 0 Å². The average Bonchev–Trinajstić information content (AvgIpc) is 2.76. The summed E-state index contributed by atoms with van der Waals surface area (Å²) in [6.45, 7) is 0. The SMILES string of the molecule is O=C(Cc1ccccc1)N/N=C1\CCCCc2ccccc21. The van der Waals surface area contributed by atoms with Crippen molar-refractivity contribution in [3.8, 4) is 0 Å². The maximum Gasteiger partial charge on any atom is 0.244 e. The van der Waals surface area contributed by atoms with Crippen molar-refractivity contribution in [2.75, 3.05) is 0 Å². The maximum atomic E-state index is 12.0. The van der Waals surface area contributed by atoms with Crippen LogP contribution in [0.15, 0.2) is 59.7 Å². The monoisotopic (exact) mass is 292 g/mol. The molecule has 3 nitrogen and oxygen atoms in total. The van der Waals surface area contributed by atoms with Gasteiger partial charge in [0.1, 0.15) is 0 Å². The Bertz CT molecular complexity index is 677. The number of nitrogens with zero attached hydrogens (tertiary/aromatic N) is 1. The van der Waals surface area contributed by atoms with E-state index in [4.69, 9.17) is 0 Å². The quantitative estimate of drug-likeness (QED) is 0.683. The van der Waals surface area contributed by atoms with Crippen molar-refractivity contribution in [2.45, 2.75) is 32.1 Å². The fourth-order valence-corrected chi connectivity index (χ4v) is 2.83. The van der Waals surface area contributed by atoms with Gasteiger partial charge in [0, 0.05) is 5.56 Å². The van der Waals surface area contributed by atoms with Gasteiger partial charge in [0.15, 0.2) is 0 Å². The van der Waals surface area contributed by atoms with E-state index in [1.807, 2.05) is 36.4 Å². The zero-order valence-corrected chi connectivity index (χ0v) is 12.6. The molecule has 1 aliphatic carbocycles. The van der Waals surface area contributed by atoms with Crippen LogP contribution in [-0.2, 0) is 17.6 Å². The number of carbonyl (C=O) groups is 1. The molecule has 112 valence electrons. The van der Waals surface area contributed by atoms with Crippen LogP contribution in [-0.4, -0.2) is 11.6 Å². The van der Waals surface area contributed by atoms with E-state index < -0.39 is 0 Å². The van der Waals surface area contributed by atoms with Gasteiger partial charge in [-0.05, 0) is 36.8 Å². The number of amides is 1. The number of rotatable bonds is 3. The van der Waals surface area contributed by atoms with E-state index >= 15 is 0 Å². The highest BCUT2D eigenvalue weighted by Crippen LogP contribution is 2.20. The van der Waals surface area contributed by atoms with Crippen molar-refractivity contribution in [3.05, 3.63) is 71.3 Å². The number of aryl methyl sites for hydroxylation is 1. The summed E-state index contributed by atoms with van der Waals surface area (Å²) in [5.41, 5.74) is 7.23. The summed E-state index contributed by atoms with van der Waals surface area (Å²) < 4.78 is 0. The summed E-state index contributed by atoms with van der Waals surface area (Å²) >= 11 is 0. The van der Waals surface area contributed by atoms with Crippen molar-refractivity contribution in [1.29, 1.82) is 0 Å². The molecule has 0 aromatic heterocycles. The Hall–Kier alpha value is -2.42. The molecule has 0 fully saturated rings. The van der Waals surface area contributed by atoms with E-state index in [2.05, 4.69) is 28.7 Å². The van der Waals surface area contributed by atoms with Crippen molar-refractivity contribution >= 4 is 11.6 Å². The van der Waals surface area contributed by atoms with Crippen LogP contribution in [0.3, 0.4) is 0 Å². The highest BCUT2D eigenvalue weighted by Gasteiger charge is 2.13.